The molecule has 2 aliphatic carbocycles. The van der Waals surface area contributed by atoms with Crippen molar-refractivity contribution in [2.75, 3.05) is 0 Å². The van der Waals surface area contributed by atoms with Gasteiger partial charge in [0.15, 0.2) is 0 Å². The molecule has 0 spiro atoms. The molecular formula is C34H30Cl2FeP2Pd. The Kier molecular flexibility index (Phi) is 17.8. The Hall–Kier alpha value is -1.54. The molecule has 0 bridgehead atoms. The summed E-state index contributed by atoms with van der Waals surface area (Å²) in [5, 5.41) is 8.84. The molecule has 0 aliphatic heterocycles. The SMILES string of the molecule is C1=CCC(P(c2ccccc2)c2ccccc2)=C1.C1=CCC(P(c2ccccc2)c2ccccc2)=C1.[Cl-].[Cl-].[Fe].[Pd+2]. The molecule has 0 fully saturated rings. The van der Waals surface area contributed by atoms with E-state index in [2.05, 4.69) is 158 Å². The summed E-state index contributed by atoms with van der Waals surface area (Å²) in [4.78, 5) is 0. The van der Waals surface area contributed by atoms with Crippen molar-refractivity contribution in [3.8, 4) is 0 Å². The van der Waals surface area contributed by atoms with Crippen molar-refractivity contribution in [3.63, 3.8) is 0 Å². The molecule has 4 aromatic carbocycles. The number of benzene rings is 4. The first-order valence-electron chi connectivity index (χ1n) is 12.4. The van der Waals surface area contributed by atoms with E-state index in [1.165, 1.54) is 21.2 Å². The number of hydrogen-bond acceptors (Lipinski definition) is 0. The summed E-state index contributed by atoms with van der Waals surface area (Å²) in [6.07, 6.45) is 15.6. The van der Waals surface area contributed by atoms with Gasteiger partial charge >= 0.3 is 20.4 Å². The van der Waals surface area contributed by atoms with E-state index in [0.717, 1.165) is 12.8 Å². The zero-order chi connectivity index (χ0) is 24.4. The standard InChI is InChI=1S/2C17H15P.2ClH.Fe.Pd/c2*1-3-9-15(10-4-1)18(17-13-7-8-14-17)16-11-5-2-6-12-16;;;;/h2*1-13H,14H2;2*1H;;/q;;;;;+2/p-2. The molecule has 0 N–H and O–H groups in total. The minimum absolute atomic E-state index is 0. The van der Waals surface area contributed by atoms with E-state index in [4.69, 9.17) is 0 Å². The summed E-state index contributed by atoms with van der Waals surface area (Å²) in [6, 6.07) is 43.4. The van der Waals surface area contributed by atoms with Gasteiger partial charge in [0, 0.05) is 17.1 Å². The van der Waals surface area contributed by atoms with E-state index in [1.54, 1.807) is 10.6 Å². The Morgan fingerprint density at radius 3 is 0.850 bits per heavy atom. The van der Waals surface area contributed by atoms with Crippen LogP contribution in [-0.2, 0) is 37.5 Å². The Morgan fingerprint density at radius 2 is 0.650 bits per heavy atom. The third kappa shape index (κ3) is 9.78. The molecule has 0 saturated carbocycles. The third-order valence-electron chi connectivity index (χ3n) is 6.14. The Bertz CT molecular complexity index is 1190. The average molecular weight is 734 g/mol. The molecule has 0 atom stereocenters. The maximum absolute atomic E-state index is 2.28. The molecule has 0 nitrogen and oxygen atoms in total. The zero-order valence-corrected chi connectivity index (χ0v) is 27.7. The van der Waals surface area contributed by atoms with E-state index < -0.39 is 0 Å². The van der Waals surface area contributed by atoms with Gasteiger partial charge in [-0.05, 0) is 60.5 Å². The molecular weight excluding hydrogens is 703 g/mol. The summed E-state index contributed by atoms with van der Waals surface area (Å²) in [5.41, 5.74) is 0. The Labute approximate surface area is 278 Å². The smallest absolute Gasteiger partial charge is 1.00 e. The average Bonchev–Trinajstić information content (AvgIpc) is 3.68. The van der Waals surface area contributed by atoms with Crippen molar-refractivity contribution in [3.05, 3.63) is 168 Å². The Balaban J connectivity index is 0.000000364. The molecule has 40 heavy (non-hydrogen) atoms. The fourth-order valence-corrected chi connectivity index (χ4v) is 9.32. The largest absolute Gasteiger partial charge is 2.00 e. The van der Waals surface area contributed by atoms with E-state index >= 15 is 0 Å². The van der Waals surface area contributed by atoms with Gasteiger partial charge < -0.3 is 24.8 Å². The van der Waals surface area contributed by atoms with Gasteiger partial charge in [0.2, 0.25) is 0 Å². The molecule has 0 heterocycles. The van der Waals surface area contributed by atoms with Crippen LogP contribution in [0.1, 0.15) is 12.8 Å². The van der Waals surface area contributed by atoms with Crippen molar-refractivity contribution < 1.29 is 62.3 Å². The van der Waals surface area contributed by atoms with Gasteiger partial charge in [-0.2, -0.15) is 0 Å². The van der Waals surface area contributed by atoms with Crippen LogP contribution in [0, 0.1) is 0 Å². The van der Waals surface area contributed by atoms with Crippen LogP contribution in [0.25, 0.3) is 0 Å². The van der Waals surface area contributed by atoms with Gasteiger partial charge in [0.05, 0.1) is 0 Å². The summed E-state index contributed by atoms with van der Waals surface area (Å²) >= 11 is 0. The van der Waals surface area contributed by atoms with Crippen LogP contribution < -0.4 is 46.0 Å². The van der Waals surface area contributed by atoms with Gasteiger partial charge in [-0.1, -0.05) is 158 Å². The maximum atomic E-state index is 2.28. The molecule has 6 heteroatoms. The van der Waals surface area contributed by atoms with Crippen molar-refractivity contribution >= 4 is 37.1 Å². The number of hydrogen-bond donors (Lipinski definition) is 0. The predicted molar refractivity (Wildman–Crippen MR) is 162 cm³/mol. The van der Waals surface area contributed by atoms with Gasteiger partial charge in [-0.3, -0.25) is 0 Å². The minimum atomic E-state index is -0.353. The van der Waals surface area contributed by atoms with Crippen LogP contribution in [0.15, 0.2) is 168 Å². The number of halogens is 2. The monoisotopic (exact) mass is 732 g/mol. The molecule has 2 aliphatic rings. The summed E-state index contributed by atoms with van der Waals surface area (Å²) in [7, 11) is -0.707. The second-order valence-electron chi connectivity index (χ2n) is 8.59. The van der Waals surface area contributed by atoms with Crippen LogP contribution >= 0.6 is 15.8 Å². The fraction of sp³-hybridized carbons (Fsp3) is 0.0588. The number of rotatable bonds is 6. The Morgan fingerprint density at radius 1 is 0.400 bits per heavy atom. The zero-order valence-electron chi connectivity index (χ0n) is 21.7. The molecule has 6 rings (SSSR count). The predicted octanol–water partition coefficient (Wildman–Crippen LogP) is 1.93. The van der Waals surface area contributed by atoms with Crippen LogP contribution in [0.5, 0.6) is 0 Å². The summed E-state index contributed by atoms with van der Waals surface area (Å²) in [6.45, 7) is 0. The normalized spacial score (nSPS) is 12.6. The van der Waals surface area contributed by atoms with E-state index in [0.29, 0.717) is 0 Å². The second-order valence-corrected chi connectivity index (χ2v) is 13.1. The third-order valence-corrected chi connectivity index (χ3v) is 11.2. The van der Waals surface area contributed by atoms with Crippen LogP contribution in [0.3, 0.4) is 0 Å². The maximum Gasteiger partial charge on any atom is 2.00 e. The van der Waals surface area contributed by atoms with E-state index in [-0.39, 0.29) is 78.1 Å². The van der Waals surface area contributed by atoms with Crippen molar-refractivity contribution in [1.82, 2.24) is 0 Å². The first kappa shape index (κ1) is 36.5. The molecule has 208 valence electrons. The summed E-state index contributed by atoms with van der Waals surface area (Å²) < 4.78 is 0. The van der Waals surface area contributed by atoms with Gasteiger partial charge in [-0.15, -0.1) is 0 Å². The first-order valence-corrected chi connectivity index (χ1v) is 15.1. The fourth-order valence-electron chi connectivity index (χ4n) is 4.47. The van der Waals surface area contributed by atoms with Gasteiger partial charge in [-0.25, -0.2) is 0 Å². The topological polar surface area (TPSA) is 0 Å². The summed E-state index contributed by atoms with van der Waals surface area (Å²) in [5.74, 6) is 0. The van der Waals surface area contributed by atoms with Crippen molar-refractivity contribution in [2.45, 2.75) is 12.8 Å². The molecule has 0 amide bonds. The number of allylic oxidation sites excluding steroid dienone is 8. The molecule has 0 radical (unpaired) electrons. The van der Waals surface area contributed by atoms with Gasteiger partial charge in [0.1, 0.15) is 0 Å². The first-order chi connectivity index (χ1) is 17.9. The van der Waals surface area contributed by atoms with Crippen LogP contribution in [-0.4, -0.2) is 0 Å². The van der Waals surface area contributed by atoms with Gasteiger partial charge in [0.25, 0.3) is 0 Å². The van der Waals surface area contributed by atoms with Crippen LogP contribution in [0.4, 0.5) is 0 Å². The molecule has 0 unspecified atom stereocenters. The molecule has 0 saturated heterocycles. The van der Waals surface area contributed by atoms with Crippen LogP contribution in [0.2, 0.25) is 0 Å². The quantitative estimate of drug-likeness (QED) is 0.210. The minimum Gasteiger partial charge on any atom is -1.00 e. The molecule has 4 aromatic rings. The van der Waals surface area contributed by atoms with Crippen molar-refractivity contribution in [1.29, 1.82) is 0 Å². The second kappa shape index (κ2) is 19.6. The van der Waals surface area contributed by atoms with Crippen molar-refractivity contribution in [2.24, 2.45) is 0 Å². The van der Waals surface area contributed by atoms with E-state index in [1.807, 2.05) is 0 Å². The van der Waals surface area contributed by atoms with E-state index in [9.17, 15) is 0 Å². The molecule has 0 aromatic heterocycles.